The molecule has 5 nitrogen and oxygen atoms in total. The molecule has 1 N–H and O–H groups in total. The Hall–Kier alpha value is -0.600. The molecule has 1 aromatic carbocycles. The number of nitrogens with zero attached hydrogens (tertiary/aromatic N) is 2. The van der Waals surface area contributed by atoms with Crippen molar-refractivity contribution in [1.29, 1.82) is 0 Å². The van der Waals surface area contributed by atoms with Crippen LogP contribution in [0.15, 0.2) is 24.3 Å². The van der Waals surface area contributed by atoms with Gasteiger partial charge in [-0.15, -0.1) is 0 Å². The highest BCUT2D eigenvalue weighted by molar-refractivity contribution is 14.2. The number of rotatable bonds is 6. The molecule has 2 rings (SSSR count). The molecule has 8 heteroatoms. The van der Waals surface area contributed by atoms with Gasteiger partial charge < -0.3 is 9.64 Å². The van der Waals surface area contributed by atoms with E-state index in [9.17, 15) is 4.79 Å². The number of anilines is 1. The van der Waals surface area contributed by atoms with Crippen LogP contribution >= 0.6 is 42.3 Å². The lowest BCUT2D eigenvalue weighted by atomic mass is 10.1. The van der Waals surface area contributed by atoms with E-state index in [0.29, 0.717) is 0 Å². The summed E-state index contributed by atoms with van der Waals surface area (Å²) in [5.41, 5.74) is 2.27. The van der Waals surface area contributed by atoms with Crippen molar-refractivity contribution in [2.75, 3.05) is 38.2 Å². The number of hydrogen-bond donors (Lipinski definition) is 1. The molecule has 1 heterocycles. The fraction of sp³-hybridized carbons (Fsp3) is 0.500. The molecular weight excluding hydrogens is 481 g/mol. The summed E-state index contributed by atoms with van der Waals surface area (Å²) in [6.07, 6.45) is 0. The number of carbonyl (C=O) groups is 1. The van der Waals surface area contributed by atoms with Crippen LogP contribution in [0.1, 0.15) is 19.4 Å². The Morgan fingerprint density at radius 3 is 2.42 bits per heavy atom. The molecule has 0 radical (unpaired) electrons. The second-order valence-electron chi connectivity index (χ2n) is 6.22. The first-order chi connectivity index (χ1) is 12.5. The number of halogens is 1. The summed E-state index contributed by atoms with van der Waals surface area (Å²) in [5, 5.41) is 3.00. The van der Waals surface area contributed by atoms with Crippen molar-refractivity contribution in [3.05, 3.63) is 29.8 Å². The molecule has 26 heavy (non-hydrogen) atoms. The van der Waals surface area contributed by atoms with Crippen molar-refractivity contribution in [3.8, 4) is 11.2 Å². The molecule has 1 fully saturated rings. The van der Waals surface area contributed by atoms with Crippen LogP contribution in [0, 0.1) is 17.1 Å². The Labute approximate surface area is 176 Å². The van der Waals surface area contributed by atoms with E-state index < -0.39 is 0 Å². The Morgan fingerprint density at radius 1 is 1.23 bits per heavy atom. The van der Waals surface area contributed by atoms with Crippen LogP contribution in [0.3, 0.4) is 0 Å². The van der Waals surface area contributed by atoms with E-state index in [0.717, 1.165) is 31.7 Å². The lowest BCUT2D eigenvalue weighted by Gasteiger charge is -2.35. The molecule has 1 atom stereocenters. The number of benzene rings is 1. The Kier molecular flexibility index (Phi) is 9.42. The van der Waals surface area contributed by atoms with E-state index in [-0.39, 0.29) is 17.9 Å². The van der Waals surface area contributed by atoms with Crippen molar-refractivity contribution in [1.82, 2.24) is 9.03 Å². The average molecular weight is 505 g/mol. The van der Waals surface area contributed by atoms with Crippen LogP contribution in [-0.2, 0) is 9.53 Å². The van der Waals surface area contributed by atoms with Gasteiger partial charge in [0.05, 0.1) is 7.11 Å². The minimum Gasteiger partial charge on any atom is -0.468 e. The smallest absolute Gasteiger partial charge is 0.324 e. The Bertz CT molecular complexity index is 638. The van der Waals surface area contributed by atoms with Crippen molar-refractivity contribution >= 4 is 53.9 Å². The summed E-state index contributed by atoms with van der Waals surface area (Å²) < 4.78 is 10.4. The molecule has 0 spiro atoms. The Balaban J connectivity index is 1.82. The van der Waals surface area contributed by atoms with Gasteiger partial charge in [0.25, 0.3) is 0 Å². The first-order valence-electron chi connectivity index (χ1n) is 8.44. The highest BCUT2D eigenvalue weighted by atomic mass is 127. The van der Waals surface area contributed by atoms with Crippen LogP contribution in [0.25, 0.3) is 0 Å². The van der Waals surface area contributed by atoms with E-state index in [1.807, 2.05) is 13.8 Å². The van der Waals surface area contributed by atoms with Crippen molar-refractivity contribution < 1.29 is 9.53 Å². The molecule has 0 saturated carbocycles. The molecule has 1 aliphatic heterocycles. The monoisotopic (exact) mass is 505 g/mol. The summed E-state index contributed by atoms with van der Waals surface area (Å²) in [6, 6.07) is 8.12. The number of hydrogen-bond acceptors (Lipinski definition) is 7. The Morgan fingerprint density at radius 2 is 1.88 bits per heavy atom. The molecule has 0 amide bonds. The molecule has 0 bridgehead atoms. The predicted octanol–water partition coefficient (Wildman–Crippen LogP) is 3.55. The maximum absolute atomic E-state index is 11.8. The maximum Gasteiger partial charge on any atom is 0.324 e. The summed E-state index contributed by atoms with van der Waals surface area (Å²) in [7, 11) is 2.93. The molecule has 142 valence electrons. The van der Waals surface area contributed by atoms with E-state index >= 15 is 0 Å². The number of methoxy groups -OCH3 is 1. The molecule has 1 aliphatic rings. The lowest BCUT2D eigenvalue weighted by Crippen LogP contribution is -2.46. The van der Waals surface area contributed by atoms with E-state index in [1.54, 1.807) is 0 Å². The maximum atomic E-state index is 11.8. The normalized spacial score (nSPS) is 16.1. The second-order valence-corrected chi connectivity index (χ2v) is 8.84. The van der Waals surface area contributed by atoms with Gasteiger partial charge >= 0.3 is 5.97 Å². The van der Waals surface area contributed by atoms with Crippen LogP contribution in [0.5, 0.6) is 0 Å². The van der Waals surface area contributed by atoms with Gasteiger partial charge in [-0.05, 0) is 44.4 Å². The molecule has 0 aromatic heterocycles. The third kappa shape index (κ3) is 6.53. The first kappa shape index (κ1) is 21.7. The van der Waals surface area contributed by atoms with Gasteiger partial charge in [0.15, 0.2) is 0 Å². The van der Waals surface area contributed by atoms with Gasteiger partial charge in [0, 0.05) is 70.8 Å². The van der Waals surface area contributed by atoms with Gasteiger partial charge in [0.2, 0.25) is 0 Å². The zero-order valence-electron chi connectivity index (χ0n) is 15.2. The van der Waals surface area contributed by atoms with Crippen molar-refractivity contribution in [2.24, 2.45) is 5.92 Å². The number of piperazine rings is 1. The van der Waals surface area contributed by atoms with E-state index in [2.05, 4.69) is 70.6 Å². The molecular formula is C18H24IN3O2S2. The zero-order chi connectivity index (χ0) is 18.9. The van der Waals surface area contributed by atoms with Crippen LogP contribution < -0.4 is 9.62 Å². The van der Waals surface area contributed by atoms with Crippen LogP contribution in [0.4, 0.5) is 5.69 Å². The van der Waals surface area contributed by atoms with Gasteiger partial charge in [0.1, 0.15) is 6.04 Å². The number of esters is 1. The summed E-state index contributed by atoms with van der Waals surface area (Å²) in [5.74, 6) is 3.08. The average Bonchev–Trinajstić information content (AvgIpc) is 2.67. The van der Waals surface area contributed by atoms with Crippen LogP contribution in [-0.4, -0.2) is 49.6 Å². The topological polar surface area (TPSA) is 44.8 Å². The number of carbonyl (C=O) groups excluding carboxylic acids is 1. The standard InChI is InChI=1S/C18H24IN3O2S2/c1-14(2)17(18(23)24-3)20-26-22-11-9-21(10-12-22)16-6-4-15(5-7-16)8-13-25-19/h4-7,14,17,20H,9-12H2,1-3H3. The first-order valence-corrected chi connectivity index (χ1v) is 12.6. The highest BCUT2D eigenvalue weighted by Crippen LogP contribution is 2.20. The SMILES string of the molecule is COC(=O)C(NSN1CCN(c2ccc(C#CSI)cc2)CC1)C(C)C. The zero-order valence-corrected chi connectivity index (χ0v) is 19.0. The third-order valence-corrected chi connectivity index (χ3v) is 5.96. The van der Waals surface area contributed by atoms with Gasteiger partial charge in [-0.1, -0.05) is 19.8 Å². The summed E-state index contributed by atoms with van der Waals surface area (Å²) >= 11 is 3.70. The molecule has 0 aliphatic carbocycles. The van der Waals surface area contributed by atoms with Gasteiger partial charge in [-0.2, -0.15) is 0 Å². The minimum absolute atomic E-state index is 0.184. The minimum atomic E-state index is -0.294. The summed E-state index contributed by atoms with van der Waals surface area (Å²) in [4.78, 5) is 14.2. The van der Waals surface area contributed by atoms with Crippen molar-refractivity contribution in [3.63, 3.8) is 0 Å². The number of nitrogens with one attached hydrogen (secondary N) is 1. The second kappa shape index (κ2) is 11.3. The predicted molar refractivity (Wildman–Crippen MR) is 120 cm³/mol. The van der Waals surface area contributed by atoms with Crippen molar-refractivity contribution in [2.45, 2.75) is 19.9 Å². The molecule has 1 saturated heterocycles. The fourth-order valence-corrected chi connectivity index (χ4v) is 4.05. The van der Waals surface area contributed by atoms with Gasteiger partial charge in [-0.3, -0.25) is 4.79 Å². The van der Waals surface area contributed by atoms with Gasteiger partial charge in [-0.25, -0.2) is 9.03 Å². The molecule has 1 unspecified atom stereocenters. The lowest BCUT2D eigenvalue weighted by molar-refractivity contribution is -0.143. The summed E-state index contributed by atoms with van der Waals surface area (Å²) in [6.45, 7) is 7.79. The third-order valence-electron chi connectivity index (χ3n) is 4.14. The van der Waals surface area contributed by atoms with E-state index in [1.165, 1.54) is 33.9 Å². The highest BCUT2D eigenvalue weighted by Gasteiger charge is 2.25. The largest absolute Gasteiger partial charge is 0.468 e. The van der Waals surface area contributed by atoms with E-state index in [4.69, 9.17) is 4.74 Å². The number of ether oxygens (including phenoxy) is 1. The van der Waals surface area contributed by atoms with Crippen LogP contribution in [0.2, 0.25) is 0 Å². The fourth-order valence-electron chi connectivity index (χ4n) is 2.59. The quantitative estimate of drug-likeness (QED) is 0.275. The molecule has 1 aromatic rings.